The molecule has 164 valence electrons. The molecule has 1 fully saturated rings. The SMILES string of the molecule is Cc1ccccc1Cn1nc(C)c(NC(=S)N2CCN(Cc3cnn(C)c3)CC2)c1C. The highest BCUT2D eigenvalue weighted by Crippen LogP contribution is 2.22. The van der Waals surface area contributed by atoms with Crippen LogP contribution in [-0.4, -0.2) is 60.7 Å². The number of anilines is 1. The zero-order valence-corrected chi connectivity index (χ0v) is 19.6. The summed E-state index contributed by atoms with van der Waals surface area (Å²) >= 11 is 5.75. The van der Waals surface area contributed by atoms with E-state index in [2.05, 4.69) is 69.2 Å². The van der Waals surface area contributed by atoms with Gasteiger partial charge in [0, 0.05) is 51.5 Å². The number of hydrogen-bond acceptors (Lipinski definition) is 4. The molecule has 0 bridgehead atoms. The van der Waals surface area contributed by atoms with Gasteiger partial charge in [0.15, 0.2) is 5.11 Å². The summed E-state index contributed by atoms with van der Waals surface area (Å²) in [5.41, 5.74) is 6.93. The number of piperazine rings is 1. The van der Waals surface area contributed by atoms with Gasteiger partial charge in [0.05, 0.1) is 29.8 Å². The van der Waals surface area contributed by atoms with Gasteiger partial charge in [-0.3, -0.25) is 14.3 Å². The topological polar surface area (TPSA) is 54.2 Å². The highest BCUT2D eigenvalue weighted by atomic mass is 32.1. The van der Waals surface area contributed by atoms with Crippen LogP contribution in [0.5, 0.6) is 0 Å². The number of rotatable bonds is 5. The Hall–Kier alpha value is -2.71. The lowest BCUT2D eigenvalue weighted by molar-refractivity contribution is 0.177. The summed E-state index contributed by atoms with van der Waals surface area (Å²) < 4.78 is 3.92. The monoisotopic (exact) mass is 437 g/mol. The van der Waals surface area contributed by atoms with Crippen molar-refractivity contribution in [2.75, 3.05) is 31.5 Å². The van der Waals surface area contributed by atoms with Gasteiger partial charge in [0.1, 0.15) is 0 Å². The Morgan fingerprint density at radius 2 is 1.81 bits per heavy atom. The van der Waals surface area contributed by atoms with E-state index in [1.807, 2.05) is 24.9 Å². The summed E-state index contributed by atoms with van der Waals surface area (Å²) in [5.74, 6) is 0. The highest BCUT2D eigenvalue weighted by Gasteiger charge is 2.21. The Kier molecular flexibility index (Phi) is 6.38. The van der Waals surface area contributed by atoms with Crippen molar-refractivity contribution in [3.05, 3.63) is 64.7 Å². The zero-order valence-electron chi connectivity index (χ0n) is 18.8. The number of aromatic nitrogens is 4. The van der Waals surface area contributed by atoms with Crippen LogP contribution in [0.1, 0.15) is 28.1 Å². The second-order valence-electron chi connectivity index (χ2n) is 8.35. The third kappa shape index (κ3) is 4.97. The highest BCUT2D eigenvalue weighted by molar-refractivity contribution is 7.80. The lowest BCUT2D eigenvalue weighted by Gasteiger charge is -2.36. The molecule has 0 radical (unpaired) electrons. The van der Waals surface area contributed by atoms with Gasteiger partial charge in [-0.15, -0.1) is 0 Å². The Labute approximate surface area is 189 Å². The van der Waals surface area contributed by atoms with Crippen LogP contribution in [0, 0.1) is 20.8 Å². The molecule has 0 atom stereocenters. The third-order valence-electron chi connectivity index (χ3n) is 6.02. The first-order chi connectivity index (χ1) is 14.9. The first-order valence-electron chi connectivity index (χ1n) is 10.7. The predicted molar refractivity (Wildman–Crippen MR) is 128 cm³/mol. The van der Waals surface area contributed by atoms with Crippen LogP contribution < -0.4 is 5.32 Å². The largest absolute Gasteiger partial charge is 0.346 e. The van der Waals surface area contributed by atoms with E-state index in [0.717, 1.165) is 61.5 Å². The summed E-state index contributed by atoms with van der Waals surface area (Å²) in [7, 11) is 1.96. The van der Waals surface area contributed by atoms with Crippen LogP contribution >= 0.6 is 12.2 Å². The summed E-state index contributed by atoms with van der Waals surface area (Å²) in [6.45, 7) is 11.8. The quantitative estimate of drug-likeness (QED) is 0.619. The molecule has 7 nitrogen and oxygen atoms in total. The second kappa shape index (κ2) is 9.20. The molecule has 1 aliphatic heterocycles. The first kappa shape index (κ1) is 21.5. The number of aryl methyl sites for hydroxylation is 3. The van der Waals surface area contributed by atoms with E-state index in [0.29, 0.717) is 0 Å². The van der Waals surface area contributed by atoms with Crippen molar-refractivity contribution in [1.82, 2.24) is 29.4 Å². The van der Waals surface area contributed by atoms with Crippen molar-refractivity contribution in [1.29, 1.82) is 0 Å². The van der Waals surface area contributed by atoms with Crippen LogP contribution in [0.2, 0.25) is 0 Å². The van der Waals surface area contributed by atoms with Gasteiger partial charge in [-0.2, -0.15) is 10.2 Å². The van der Waals surface area contributed by atoms with Gasteiger partial charge in [-0.05, 0) is 44.1 Å². The minimum atomic E-state index is 0.765. The van der Waals surface area contributed by atoms with Crippen molar-refractivity contribution in [2.24, 2.45) is 7.05 Å². The number of hydrogen-bond donors (Lipinski definition) is 1. The smallest absolute Gasteiger partial charge is 0.173 e. The van der Waals surface area contributed by atoms with Crippen molar-refractivity contribution < 1.29 is 0 Å². The molecule has 1 aliphatic rings. The van der Waals surface area contributed by atoms with Gasteiger partial charge in [0.25, 0.3) is 0 Å². The second-order valence-corrected chi connectivity index (χ2v) is 8.73. The Morgan fingerprint density at radius 1 is 1.06 bits per heavy atom. The van der Waals surface area contributed by atoms with E-state index in [1.54, 1.807) is 0 Å². The summed E-state index contributed by atoms with van der Waals surface area (Å²) in [6.07, 6.45) is 4.03. The molecule has 1 N–H and O–H groups in total. The molecule has 0 unspecified atom stereocenters. The Balaban J connectivity index is 1.35. The maximum Gasteiger partial charge on any atom is 0.173 e. The predicted octanol–water partition coefficient (Wildman–Crippen LogP) is 3.10. The molecule has 0 spiro atoms. The maximum absolute atomic E-state index is 5.75. The van der Waals surface area contributed by atoms with Gasteiger partial charge in [0.2, 0.25) is 0 Å². The average molecular weight is 438 g/mol. The molecule has 1 aromatic carbocycles. The zero-order chi connectivity index (χ0) is 22.0. The molecule has 31 heavy (non-hydrogen) atoms. The van der Waals surface area contributed by atoms with E-state index in [4.69, 9.17) is 17.3 Å². The minimum Gasteiger partial charge on any atom is -0.346 e. The number of nitrogens with zero attached hydrogens (tertiary/aromatic N) is 6. The van der Waals surface area contributed by atoms with Crippen LogP contribution in [0.3, 0.4) is 0 Å². The lowest BCUT2D eigenvalue weighted by atomic mass is 10.1. The van der Waals surface area contributed by atoms with Crippen LogP contribution in [-0.2, 0) is 20.1 Å². The van der Waals surface area contributed by atoms with E-state index >= 15 is 0 Å². The Bertz CT molecular complexity index is 1060. The molecule has 8 heteroatoms. The van der Waals surface area contributed by atoms with Crippen molar-refractivity contribution >= 4 is 23.0 Å². The number of benzene rings is 1. The van der Waals surface area contributed by atoms with Crippen LogP contribution in [0.15, 0.2) is 36.7 Å². The van der Waals surface area contributed by atoms with Crippen molar-refractivity contribution in [2.45, 2.75) is 33.9 Å². The molecule has 3 aromatic rings. The van der Waals surface area contributed by atoms with E-state index < -0.39 is 0 Å². The van der Waals surface area contributed by atoms with Crippen LogP contribution in [0.4, 0.5) is 5.69 Å². The molecular weight excluding hydrogens is 406 g/mol. The minimum absolute atomic E-state index is 0.765. The standard InChI is InChI=1S/C23H31N7S/c1-17-7-5-6-8-21(17)16-30-19(3)22(18(2)26-30)25-23(31)29-11-9-28(10-12-29)15-20-13-24-27(4)14-20/h5-8,13-14H,9-12,15-16H2,1-4H3,(H,25,31). The van der Waals surface area contributed by atoms with E-state index in [-0.39, 0.29) is 0 Å². The van der Waals surface area contributed by atoms with Crippen LogP contribution in [0.25, 0.3) is 0 Å². The van der Waals surface area contributed by atoms with Gasteiger partial charge in [-0.25, -0.2) is 0 Å². The molecular formula is C23H31N7S. The molecule has 0 saturated carbocycles. The maximum atomic E-state index is 5.75. The first-order valence-corrected chi connectivity index (χ1v) is 11.2. The number of thiocarbonyl (C=S) groups is 1. The van der Waals surface area contributed by atoms with Gasteiger partial charge in [-0.1, -0.05) is 24.3 Å². The molecule has 0 amide bonds. The number of nitrogens with one attached hydrogen (secondary N) is 1. The average Bonchev–Trinajstić information content (AvgIpc) is 3.27. The molecule has 4 rings (SSSR count). The molecule has 3 heterocycles. The van der Waals surface area contributed by atoms with E-state index in [9.17, 15) is 0 Å². The van der Waals surface area contributed by atoms with Gasteiger partial charge < -0.3 is 10.2 Å². The molecule has 0 aliphatic carbocycles. The Morgan fingerprint density at radius 3 is 2.48 bits per heavy atom. The lowest BCUT2D eigenvalue weighted by Crippen LogP contribution is -2.49. The van der Waals surface area contributed by atoms with E-state index in [1.165, 1.54) is 16.7 Å². The fourth-order valence-corrected chi connectivity index (χ4v) is 4.37. The fraction of sp³-hybridized carbons (Fsp3) is 0.435. The third-order valence-corrected chi connectivity index (χ3v) is 6.38. The fourth-order valence-electron chi connectivity index (χ4n) is 4.09. The molecule has 1 saturated heterocycles. The van der Waals surface area contributed by atoms with Crippen molar-refractivity contribution in [3.8, 4) is 0 Å². The summed E-state index contributed by atoms with van der Waals surface area (Å²) in [4.78, 5) is 4.71. The van der Waals surface area contributed by atoms with Crippen molar-refractivity contribution in [3.63, 3.8) is 0 Å². The molecule has 2 aromatic heterocycles. The van der Waals surface area contributed by atoms with Gasteiger partial charge >= 0.3 is 0 Å². The normalized spacial score (nSPS) is 14.8. The summed E-state index contributed by atoms with van der Waals surface area (Å²) in [5, 5.41) is 13.3. The summed E-state index contributed by atoms with van der Waals surface area (Å²) in [6, 6.07) is 8.45.